The molecule has 30 heavy (non-hydrogen) atoms. The monoisotopic (exact) mass is 421 g/mol. The van der Waals surface area contributed by atoms with Crippen molar-refractivity contribution in [1.82, 2.24) is 14.8 Å². The van der Waals surface area contributed by atoms with E-state index in [-0.39, 0.29) is 5.91 Å². The van der Waals surface area contributed by atoms with Crippen molar-refractivity contribution in [3.8, 4) is 5.75 Å². The molecule has 0 unspecified atom stereocenters. The van der Waals surface area contributed by atoms with Crippen LogP contribution in [0.15, 0.2) is 54.0 Å². The molecule has 4 rings (SSSR count). The lowest BCUT2D eigenvalue weighted by Crippen LogP contribution is -2.48. The molecule has 1 amide bonds. The fraction of sp³-hybridized carbons (Fsp3) is 0.333. The molecular formula is C24H27N3O2S. The van der Waals surface area contributed by atoms with E-state index in [4.69, 9.17) is 4.74 Å². The van der Waals surface area contributed by atoms with E-state index in [2.05, 4.69) is 35.9 Å². The number of rotatable bonds is 6. The molecule has 1 aromatic carbocycles. The lowest BCUT2D eigenvalue weighted by molar-refractivity contribution is 0.0631. The summed E-state index contributed by atoms with van der Waals surface area (Å²) in [4.78, 5) is 22.4. The van der Waals surface area contributed by atoms with Crippen molar-refractivity contribution in [1.29, 1.82) is 0 Å². The third-order valence-electron chi connectivity index (χ3n) is 5.43. The summed E-state index contributed by atoms with van der Waals surface area (Å²) < 4.78 is 6.03. The van der Waals surface area contributed by atoms with Crippen LogP contribution in [0, 0.1) is 13.8 Å². The fourth-order valence-electron chi connectivity index (χ4n) is 3.73. The van der Waals surface area contributed by atoms with Crippen LogP contribution in [-0.4, -0.2) is 46.9 Å². The molecule has 156 valence electrons. The number of hydrogen-bond donors (Lipinski definition) is 0. The number of hydrogen-bond acceptors (Lipinski definition) is 5. The van der Waals surface area contributed by atoms with Gasteiger partial charge in [0.1, 0.15) is 12.4 Å². The summed E-state index contributed by atoms with van der Waals surface area (Å²) in [5.41, 5.74) is 4.37. The van der Waals surface area contributed by atoms with Crippen molar-refractivity contribution in [2.24, 2.45) is 0 Å². The molecule has 0 spiro atoms. The Hall–Kier alpha value is -2.70. The zero-order valence-corrected chi connectivity index (χ0v) is 18.3. The number of aryl methyl sites for hydroxylation is 2. The number of piperazine rings is 1. The predicted octanol–water partition coefficient (Wildman–Crippen LogP) is 4.30. The second-order valence-corrected chi connectivity index (χ2v) is 8.63. The van der Waals surface area contributed by atoms with Crippen LogP contribution < -0.4 is 4.74 Å². The van der Waals surface area contributed by atoms with Gasteiger partial charge in [0.05, 0.1) is 10.6 Å². The molecule has 2 aromatic heterocycles. The van der Waals surface area contributed by atoms with Crippen LogP contribution >= 0.6 is 11.3 Å². The summed E-state index contributed by atoms with van der Waals surface area (Å²) in [5.74, 6) is 1.05. The molecule has 1 aliphatic heterocycles. The number of benzene rings is 1. The highest BCUT2D eigenvalue weighted by Crippen LogP contribution is 2.25. The smallest absolute Gasteiger partial charge is 0.264 e. The van der Waals surface area contributed by atoms with Crippen molar-refractivity contribution in [2.75, 3.05) is 26.2 Å². The lowest BCUT2D eigenvalue weighted by atomic mass is 10.1. The quantitative estimate of drug-likeness (QED) is 0.595. The van der Waals surface area contributed by atoms with Crippen molar-refractivity contribution < 1.29 is 9.53 Å². The first-order chi connectivity index (χ1) is 14.6. The van der Waals surface area contributed by atoms with Gasteiger partial charge in [0.25, 0.3) is 5.91 Å². The fourth-order valence-corrected chi connectivity index (χ4v) is 4.60. The maximum Gasteiger partial charge on any atom is 0.264 e. The minimum Gasteiger partial charge on any atom is -0.488 e. The molecular weight excluding hydrogens is 394 g/mol. The molecule has 6 heteroatoms. The van der Waals surface area contributed by atoms with E-state index in [1.807, 2.05) is 46.8 Å². The normalized spacial score (nSPS) is 14.7. The maximum atomic E-state index is 12.9. The summed E-state index contributed by atoms with van der Waals surface area (Å²) in [6.07, 6.45) is 1.83. The molecule has 1 saturated heterocycles. The van der Waals surface area contributed by atoms with Gasteiger partial charge >= 0.3 is 0 Å². The summed E-state index contributed by atoms with van der Waals surface area (Å²) in [6.45, 7) is 8.66. The molecule has 5 nitrogen and oxygen atoms in total. The molecule has 0 aliphatic carbocycles. The zero-order chi connectivity index (χ0) is 20.9. The third-order valence-corrected chi connectivity index (χ3v) is 6.39. The average Bonchev–Trinajstić information content (AvgIpc) is 3.23. The molecule has 1 fully saturated rings. The van der Waals surface area contributed by atoms with Gasteiger partial charge in [-0.15, -0.1) is 11.3 Å². The van der Waals surface area contributed by atoms with Crippen molar-refractivity contribution in [3.05, 3.63) is 81.3 Å². The van der Waals surface area contributed by atoms with Gasteiger partial charge in [-0.05, 0) is 48.6 Å². The van der Waals surface area contributed by atoms with E-state index < -0.39 is 0 Å². The molecule has 0 radical (unpaired) electrons. The lowest BCUT2D eigenvalue weighted by Gasteiger charge is -2.34. The number of ether oxygens (including phenoxy) is 1. The highest BCUT2D eigenvalue weighted by atomic mass is 32.1. The Labute approximate surface area is 181 Å². The first kappa shape index (κ1) is 20.6. The Balaban J connectivity index is 1.30. The SMILES string of the molecule is Cc1cccc(C)c1OCc1csc(C(=O)N2CCN(Cc3ccccn3)CC2)c1. The highest BCUT2D eigenvalue weighted by Gasteiger charge is 2.23. The number of nitrogens with zero attached hydrogens (tertiary/aromatic N) is 3. The number of pyridine rings is 1. The van der Waals surface area contributed by atoms with Crippen LogP contribution in [0.25, 0.3) is 0 Å². The van der Waals surface area contributed by atoms with E-state index in [0.717, 1.165) is 65.7 Å². The topological polar surface area (TPSA) is 45.7 Å². The molecule has 0 bridgehead atoms. The van der Waals surface area contributed by atoms with Crippen LogP contribution in [-0.2, 0) is 13.2 Å². The van der Waals surface area contributed by atoms with E-state index in [9.17, 15) is 4.79 Å². The molecule has 0 N–H and O–H groups in total. The largest absolute Gasteiger partial charge is 0.488 e. The Morgan fingerprint density at radius 2 is 1.83 bits per heavy atom. The highest BCUT2D eigenvalue weighted by molar-refractivity contribution is 7.12. The van der Waals surface area contributed by atoms with Gasteiger partial charge in [0, 0.05) is 44.5 Å². The van der Waals surface area contributed by atoms with Crippen molar-refractivity contribution >= 4 is 17.2 Å². The van der Waals surface area contributed by atoms with E-state index in [0.29, 0.717) is 6.61 Å². The number of aromatic nitrogens is 1. The van der Waals surface area contributed by atoms with E-state index in [1.165, 1.54) is 11.3 Å². The number of amides is 1. The van der Waals surface area contributed by atoms with Crippen LogP contribution in [0.4, 0.5) is 0 Å². The Bertz CT molecular complexity index is 974. The molecule has 1 aliphatic rings. The van der Waals surface area contributed by atoms with Gasteiger partial charge in [-0.25, -0.2) is 0 Å². The average molecular weight is 422 g/mol. The first-order valence-electron chi connectivity index (χ1n) is 10.3. The van der Waals surface area contributed by atoms with Crippen molar-refractivity contribution in [3.63, 3.8) is 0 Å². The minimum atomic E-state index is 0.121. The second kappa shape index (κ2) is 9.41. The summed E-state index contributed by atoms with van der Waals surface area (Å²) in [6, 6.07) is 14.1. The first-order valence-corrected chi connectivity index (χ1v) is 11.2. The molecule has 3 heterocycles. The Kier molecular flexibility index (Phi) is 6.45. The number of carbonyl (C=O) groups excluding carboxylic acids is 1. The number of para-hydroxylation sites is 1. The second-order valence-electron chi connectivity index (χ2n) is 7.72. The van der Waals surface area contributed by atoms with Gasteiger partial charge in [-0.3, -0.25) is 14.7 Å². The van der Waals surface area contributed by atoms with E-state index in [1.54, 1.807) is 0 Å². The zero-order valence-electron chi connectivity index (χ0n) is 17.5. The summed E-state index contributed by atoms with van der Waals surface area (Å²) >= 11 is 1.50. The summed E-state index contributed by atoms with van der Waals surface area (Å²) in [7, 11) is 0. The molecule has 0 atom stereocenters. The predicted molar refractivity (Wildman–Crippen MR) is 120 cm³/mol. The molecule has 3 aromatic rings. The van der Waals surface area contributed by atoms with Crippen LogP contribution in [0.5, 0.6) is 5.75 Å². The standard InChI is InChI=1S/C24H27N3O2S/c1-18-6-5-7-19(2)23(18)29-16-20-14-22(30-17-20)24(28)27-12-10-26(11-13-27)15-21-8-3-4-9-25-21/h3-9,14,17H,10-13,15-16H2,1-2H3. The van der Waals surface area contributed by atoms with Crippen LogP contribution in [0.2, 0.25) is 0 Å². The number of thiophene rings is 1. The summed E-state index contributed by atoms with van der Waals surface area (Å²) in [5, 5.41) is 2.03. The third kappa shape index (κ3) is 4.89. The van der Waals surface area contributed by atoms with E-state index >= 15 is 0 Å². The van der Waals surface area contributed by atoms with Gasteiger partial charge in [-0.2, -0.15) is 0 Å². The van der Waals surface area contributed by atoms with Gasteiger partial charge in [0.15, 0.2) is 0 Å². The van der Waals surface area contributed by atoms with Crippen molar-refractivity contribution in [2.45, 2.75) is 27.0 Å². The van der Waals surface area contributed by atoms with Gasteiger partial charge in [0.2, 0.25) is 0 Å². The van der Waals surface area contributed by atoms with Crippen LogP contribution in [0.3, 0.4) is 0 Å². The minimum absolute atomic E-state index is 0.121. The maximum absolute atomic E-state index is 12.9. The Morgan fingerprint density at radius 1 is 1.07 bits per heavy atom. The van der Waals surface area contributed by atoms with Gasteiger partial charge in [-0.1, -0.05) is 24.3 Å². The number of carbonyl (C=O) groups is 1. The molecule has 0 saturated carbocycles. The van der Waals surface area contributed by atoms with Crippen LogP contribution in [0.1, 0.15) is 32.1 Å². The Morgan fingerprint density at radius 3 is 2.53 bits per heavy atom. The van der Waals surface area contributed by atoms with Gasteiger partial charge < -0.3 is 9.64 Å².